The molecule has 3 nitrogen and oxygen atoms in total. The van der Waals surface area contributed by atoms with Crippen molar-refractivity contribution in [3.63, 3.8) is 0 Å². The summed E-state index contributed by atoms with van der Waals surface area (Å²) in [5.74, 6) is 1.91. The Labute approximate surface area is 107 Å². The van der Waals surface area contributed by atoms with E-state index in [2.05, 4.69) is 29.7 Å². The van der Waals surface area contributed by atoms with Gasteiger partial charge in [0.1, 0.15) is 0 Å². The van der Waals surface area contributed by atoms with Gasteiger partial charge < -0.3 is 10.6 Å². The SMILES string of the molecule is CC1C2CC2CN1c1cccc(Cl)c1.NC=O. The fraction of sp³-hybridized carbons (Fsp3) is 0.462. The van der Waals surface area contributed by atoms with Gasteiger partial charge in [0.25, 0.3) is 0 Å². The van der Waals surface area contributed by atoms with Crippen molar-refractivity contribution in [2.45, 2.75) is 19.4 Å². The van der Waals surface area contributed by atoms with Gasteiger partial charge in [-0.3, -0.25) is 4.79 Å². The molecular formula is C13H17ClN2O. The topological polar surface area (TPSA) is 46.3 Å². The van der Waals surface area contributed by atoms with Gasteiger partial charge in [0.2, 0.25) is 6.41 Å². The lowest BCUT2D eigenvalue weighted by atomic mass is 10.2. The van der Waals surface area contributed by atoms with Gasteiger partial charge in [-0.2, -0.15) is 0 Å². The zero-order valence-corrected chi connectivity index (χ0v) is 10.6. The van der Waals surface area contributed by atoms with E-state index in [0.717, 1.165) is 16.9 Å². The zero-order valence-electron chi connectivity index (χ0n) is 9.84. The van der Waals surface area contributed by atoms with Gasteiger partial charge in [-0.15, -0.1) is 0 Å². The number of nitrogens with zero attached hydrogens (tertiary/aromatic N) is 1. The molecule has 1 aliphatic heterocycles. The summed E-state index contributed by atoms with van der Waals surface area (Å²) in [6.07, 6.45) is 1.69. The third-order valence-electron chi connectivity index (χ3n) is 3.66. The smallest absolute Gasteiger partial charge is 0.204 e. The van der Waals surface area contributed by atoms with Crippen LogP contribution in [0.4, 0.5) is 5.69 Å². The predicted octanol–water partition coefficient (Wildman–Crippen LogP) is 2.29. The Balaban J connectivity index is 0.000000329. The number of carbonyl (C=O) groups excluding carboxylic acids is 1. The van der Waals surface area contributed by atoms with Crippen molar-refractivity contribution in [3.05, 3.63) is 29.3 Å². The number of benzene rings is 1. The largest absolute Gasteiger partial charge is 0.372 e. The summed E-state index contributed by atoms with van der Waals surface area (Å²) in [5, 5.41) is 0.843. The number of hydrogen-bond acceptors (Lipinski definition) is 2. The standard InChI is InChI=1S/C12H14ClN.CH3NO/c1-8-12-5-9(12)7-14(8)11-4-2-3-10(13)6-11;2-1-3/h2-4,6,8-9,12H,5,7H2,1H3;1H,(H2,2,3). The Morgan fingerprint density at radius 2 is 2.24 bits per heavy atom. The van der Waals surface area contributed by atoms with Crippen LogP contribution in [0.15, 0.2) is 24.3 Å². The molecule has 1 saturated carbocycles. The molecule has 4 heteroatoms. The second-order valence-electron chi connectivity index (χ2n) is 4.67. The quantitative estimate of drug-likeness (QED) is 0.780. The molecule has 0 spiro atoms. The number of hydrogen-bond donors (Lipinski definition) is 1. The molecule has 3 unspecified atom stereocenters. The molecule has 0 bridgehead atoms. The highest BCUT2D eigenvalue weighted by Crippen LogP contribution is 2.50. The summed E-state index contributed by atoms with van der Waals surface area (Å²) < 4.78 is 0. The number of halogens is 1. The summed E-state index contributed by atoms with van der Waals surface area (Å²) in [6, 6.07) is 8.91. The number of nitrogens with two attached hydrogens (primary N) is 1. The van der Waals surface area contributed by atoms with Gasteiger partial charge in [0.05, 0.1) is 0 Å². The molecule has 1 amide bonds. The normalized spacial score (nSPS) is 29.1. The lowest BCUT2D eigenvalue weighted by molar-refractivity contribution is -0.106. The molecule has 2 aliphatic rings. The van der Waals surface area contributed by atoms with Crippen molar-refractivity contribution in [1.82, 2.24) is 0 Å². The minimum atomic E-state index is 0.250. The van der Waals surface area contributed by atoms with Crippen molar-refractivity contribution >= 4 is 23.7 Å². The number of carbonyl (C=O) groups is 1. The summed E-state index contributed by atoms with van der Waals surface area (Å²) in [4.78, 5) is 11.1. The first kappa shape index (κ1) is 12.2. The van der Waals surface area contributed by atoms with E-state index in [4.69, 9.17) is 16.4 Å². The number of primary amides is 1. The molecule has 3 rings (SSSR count). The first-order valence-electron chi connectivity index (χ1n) is 5.85. The number of rotatable bonds is 1. The van der Waals surface area contributed by atoms with E-state index in [1.54, 1.807) is 0 Å². The van der Waals surface area contributed by atoms with Gasteiger partial charge in [-0.05, 0) is 43.4 Å². The van der Waals surface area contributed by atoms with Crippen molar-refractivity contribution < 1.29 is 4.79 Å². The second-order valence-corrected chi connectivity index (χ2v) is 5.10. The molecule has 1 heterocycles. The Kier molecular flexibility index (Phi) is 3.57. The maximum atomic E-state index is 8.58. The average Bonchev–Trinajstić information content (AvgIpc) is 2.99. The minimum absolute atomic E-state index is 0.250. The summed E-state index contributed by atoms with van der Waals surface area (Å²) in [5.41, 5.74) is 5.46. The predicted molar refractivity (Wildman–Crippen MR) is 70.1 cm³/mol. The maximum Gasteiger partial charge on any atom is 0.204 e. The Morgan fingerprint density at radius 1 is 1.53 bits per heavy atom. The number of piperidine rings is 1. The molecule has 1 aliphatic carbocycles. The molecule has 3 atom stereocenters. The summed E-state index contributed by atoms with van der Waals surface area (Å²) in [7, 11) is 0. The molecule has 2 fully saturated rings. The van der Waals surface area contributed by atoms with E-state index in [9.17, 15) is 0 Å². The van der Waals surface area contributed by atoms with Crippen molar-refractivity contribution in [2.75, 3.05) is 11.4 Å². The Hall–Kier alpha value is -1.22. The highest BCUT2D eigenvalue weighted by molar-refractivity contribution is 6.30. The second kappa shape index (κ2) is 4.96. The third-order valence-corrected chi connectivity index (χ3v) is 3.89. The van der Waals surface area contributed by atoms with Crippen LogP contribution in [0.5, 0.6) is 0 Å². The van der Waals surface area contributed by atoms with Crippen molar-refractivity contribution in [1.29, 1.82) is 0 Å². The summed E-state index contributed by atoms with van der Waals surface area (Å²) >= 11 is 5.99. The van der Waals surface area contributed by atoms with E-state index < -0.39 is 0 Å². The molecule has 1 aromatic carbocycles. The van der Waals surface area contributed by atoms with Crippen molar-refractivity contribution in [2.24, 2.45) is 17.6 Å². The lowest BCUT2D eigenvalue weighted by Crippen LogP contribution is -2.30. The monoisotopic (exact) mass is 252 g/mol. The van der Waals surface area contributed by atoms with Crippen LogP contribution in [0.3, 0.4) is 0 Å². The molecule has 2 N–H and O–H groups in total. The van der Waals surface area contributed by atoms with E-state index >= 15 is 0 Å². The Morgan fingerprint density at radius 3 is 2.76 bits per heavy atom. The number of fused-ring (bicyclic) bond motifs is 1. The van der Waals surface area contributed by atoms with E-state index in [-0.39, 0.29) is 6.41 Å². The highest BCUT2D eigenvalue weighted by atomic mass is 35.5. The van der Waals surface area contributed by atoms with E-state index in [1.807, 2.05) is 12.1 Å². The van der Waals surface area contributed by atoms with Gasteiger partial charge >= 0.3 is 0 Å². The fourth-order valence-electron chi connectivity index (χ4n) is 2.72. The number of amides is 1. The highest BCUT2D eigenvalue weighted by Gasteiger charge is 2.50. The van der Waals surface area contributed by atoms with Crippen LogP contribution in [0.2, 0.25) is 5.02 Å². The van der Waals surface area contributed by atoms with Crippen LogP contribution in [0.25, 0.3) is 0 Å². The maximum absolute atomic E-state index is 8.58. The summed E-state index contributed by atoms with van der Waals surface area (Å²) in [6.45, 7) is 3.56. The first-order valence-corrected chi connectivity index (χ1v) is 6.22. The zero-order chi connectivity index (χ0) is 12.4. The van der Waals surface area contributed by atoms with E-state index in [0.29, 0.717) is 6.04 Å². The molecule has 92 valence electrons. The van der Waals surface area contributed by atoms with Crippen LogP contribution in [0, 0.1) is 11.8 Å². The van der Waals surface area contributed by atoms with Gasteiger partial charge in [0, 0.05) is 23.3 Å². The minimum Gasteiger partial charge on any atom is -0.372 e. The van der Waals surface area contributed by atoms with Gasteiger partial charge in [-0.1, -0.05) is 17.7 Å². The molecule has 1 saturated heterocycles. The van der Waals surface area contributed by atoms with E-state index in [1.165, 1.54) is 18.7 Å². The molecular weight excluding hydrogens is 236 g/mol. The first-order chi connectivity index (χ1) is 8.17. The van der Waals surface area contributed by atoms with Crippen molar-refractivity contribution in [3.8, 4) is 0 Å². The van der Waals surface area contributed by atoms with Crippen LogP contribution in [0.1, 0.15) is 13.3 Å². The van der Waals surface area contributed by atoms with Crippen LogP contribution < -0.4 is 10.6 Å². The lowest BCUT2D eigenvalue weighted by Gasteiger charge is -2.26. The molecule has 0 radical (unpaired) electrons. The van der Waals surface area contributed by atoms with Gasteiger partial charge in [0.15, 0.2) is 0 Å². The Bertz CT molecular complexity index is 410. The molecule has 0 aromatic heterocycles. The number of anilines is 1. The molecule has 17 heavy (non-hydrogen) atoms. The molecule has 1 aromatic rings. The van der Waals surface area contributed by atoms with Crippen LogP contribution in [-0.4, -0.2) is 19.0 Å². The third kappa shape index (κ3) is 2.55. The van der Waals surface area contributed by atoms with Crippen LogP contribution >= 0.6 is 11.6 Å². The fourth-order valence-corrected chi connectivity index (χ4v) is 2.90. The average molecular weight is 253 g/mol. The van der Waals surface area contributed by atoms with Gasteiger partial charge in [-0.25, -0.2) is 0 Å². The van der Waals surface area contributed by atoms with Crippen LogP contribution in [-0.2, 0) is 4.79 Å².